The first kappa shape index (κ1) is 51.8. The summed E-state index contributed by atoms with van der Waals surface area (Å²) in [5.41, 5.74) is -1.94. The van der Waals surface area contributed by atoms with Gasteiger partial charge in [-0.15, -0.1) is 35.8 Å². The van der Waals surface area contributed by atoms with Gasteiger partial charge in [-0.3, -0.25) is 13.7 Å². The number of methoxy groups -OCH3 is 3. The van der Waals surface area contributed by atoms with E-state index in [1.165, 1.54) is 39.5 Å². The van der Waals surface area contributed by atoms with Crippen molar-refractivity contribution >= 4 is 92.6 Å². The second-order valence-electron chi connectivity index (χ2n) is 14.8. The van der Waals surface area contributed by atoms with E-state index in [4.69, 9.17) is 14.2 Å². The minimum Gasteiger partial charge on any atom is -0.507 e. The first-order chi connectivity index (χ1) is 34.4. The number of rotatable bonds is 16. The van der Waals surface area contributed by atoms with Crippen LogP contribution in [0.25, 0.3) is 21.9 Å². The minimum atomic E-state index is -5.32. The largest absolute Gasteiger partial charge is 0.507 e. The first-order valence-corrected chi connectivity index (χ1v) is 24.3. The number of phenols is 4. The summed E-state index contributed by atoms with van der Waals surface area (Å²) in [6.45, 7) is 0. The fourth-order valence-electron chi connectivity index (χ4n) is 6.67. The van der Waals surface area contributed by atoms with Gasteiger partial charge < -0.3 is 39.7 Å². The van der Waals surface area contributed by atoms with Crippen LogP contribution in [-0.4, -0.2) is 91.7 Å². The highest BCUT2D eigenvalue weighted by Gasteiger charge is 2.26. The van der Waals surface area contributed by atoms with E-state index < -0.39 is 108 Å². The number of carboxylic acids is 1. The molecule has 26 nitrogen and oxygen atoms in total. The summed E-state index contributed by atoms with van der Waals surface area (Å²) in [5.74, 6) is -4.24. The van der Waals surface area contributed by atoms with Gasteiger partial charge >= 0.3 is 5.97 Å². The zero-order chi connectivity index (χ0) is 53.2. The van der Waals surface area contributed by atoms with E-state index in [1.807, 2.05) is 0 Å². The van der Waals surface area contributed by atoms with Crippen LogP contribution in [0.3, 0.4) is 0 Å². The molecule has 0 saturated carbocycles. The number of benzene rings is 7. The topological polar surface area (TPSA) is 408 Å². The molecule has 7 aromatic rings. The van der Waals surface area contributed by atoms with Crippen LogP contribution in [0.5, 0.6) is 40.2 Å². The number of nitrogens with zero attached hydrogens (tertiary/aromatic N) is 8. The quantitative estimate of drug-likeness (QED) is 0.0329. The third-order valence-corrected chi connectivity index (χ3v) is 12.7. The Labute approximate surface area is 411 Å². The van der Waals surface area contributed by atoms with Crippen LogP contribution in [0.2, 0.25) is 0 Å². The summed E-state index contributed by atoms with van der Waals surface area (Å²) in [6.07, 6.45) is 0. The molecule has 0 saturated heterocycles. The number of aromatic carboxylic acids is 1. The molecule has 376 valence electrons. The SMILES string of the molecule is COc1cc(-c2ccc(N=Nc3c(S(=O)(=O)O)cc4cc(S(=O)(=O)O)cc(N=Nc5ccc(O)c(N=Nc6cc(S(=O)(=O)O)ccc6OC)c5O)c4c3O)c(OC)c2)ccc1N=Nc1ccc(O)c(C(=O)O)c1. The number of fused-ring (bicyclic) bond motifs is 1. The highest BCUT2D eigenvalue weighted by molar-refractivity contribution is 7.86. The van der Waals surface area contributed by atoms with E-state index in [9.17, 15) is 69.2 Å². The molecule has 0 unspecified atom stereocenters. The van der Waals surface area contributed by atoms with Crippen molar-refractivity contribution in [3.8, 4) is 51.4 Å². The second-order valence-corrected chi connectivity index (χ2v) is 19.0. The fraction of sp³-hybridized carbons (Fsp3) is 0.0682. The van der Waals surface area contributed by atoms with Gasteiger partial charge in [-0.05, 0) is 108 Å². The molecule has 0 radical (unpaired) electrons. The fourth-order valence-corrected chi connectivity index (χ4v) is 8.36. The third kappa shape index (κ3) is 11.3. The monoisotopic (exact) mass is 1060 g/mol. The molecule has 0 spiro atoms. The first-order valence-electron chi connectivity index (χ1n) is 20.0. The number of azo groups is 4. The number of aromatic hydroxyl groups is 4. The third-order valence-electron chi connectivity index (χ3n) is 10.2. The van der Waals surface area contributed by atoms with Gasteiger partial charge in [0.2, 0.25) is 0 Å². The van der Waals surface area contributed by atoms with Crippen LogP contribution in [-0.2, 0) is 30.4 Å². The van der Waals surface area contributed by atoms with Gasteiger partial charge in [-0.25, -0.2) is 4.79 Å². The van der Waals surface area contributed by atoms with Crippen LogP contribution in [0.4, 0.5) is 45.5 Å². The van der Waals surface area contributed by atoms with Gasteiger partial charge in [0.1, 0.15) is 67.6 Å². The Balaban J connectivity index is 1.27. The second kappa shape index (κ2) is 20.4. The average Bonchev–Trinajstić information content (AvgIpc) is 3.34. The zero-order valence-corrected chi connectivity index (χ0v) is 39.7. The zero-order valence-electron chi connectivity index (χ0n) is 37.3. The van der Waals surface area contributed by atoms with Crippen LogP contribution in [0.1, 0.15) is 10.4 Å². The molecule has 0 amide bonds. The average molecular weight is 1060 g/mol. The van der Waals surface area contributed by atoms with E-state index in [1.54, 1.807) is 24.3 Å². The van der Waals surface area contributed by atoms with Gasteiger partial charge in [-0.1, -0.05) is 12.1 Å². The molecule has 0 aliphatic heterocycles. The molecule has 0 atom stereocenters. The number of carbonyl (C=O) groups is 1. The Morgan fingerprint density at radius 2 is 0.973 bits per heavy atom. The Hall–Kier alpha value is -9.00. The lowest BCUT2D eigenvalue weighted by atomic mass is 10.0. The Morgan fingerprint density at radius 1 is 0.452 bits per heavy atom. The molecule has 0 fully saturated rings. The van der Waals surface area contributed by atoms with E-state index in [-0.39, 0.29) is 45.6 Å². The molecule has 0 aliphatic rings. The Bertz CT molecular complexity index is 3890. The van der Waals surface area contributed by atoms with Crippen molar-refractivity contribution in [2.75, 3.05) is 21.3 Å². The van der Waals surface area contributed by atoms with Crippen molar-refractivity contribution in [3.63, 3.8) is 0 Å². The van der Waals surface area contributed by atoms with Crippen molar-refractivity contribution < 1.29 is 83.4 Å². The van der Waals surface area contributed by atoms with Gasteiger partial charge in [0, 0.05) is 0 Å². The van der Waals surface area contributed by atoms with Crippen LogP contribution >= 0.6 is 0 Å². The number of phenolic OH excluding ortho intramolecular Hbond substituents is 3. The van der Waals surface area contributed by atoms with Gasteiger partial charge in [0.15, 0.2) is 17.2 Å². The minimum absolute atomic E-state index is 0.0402. The molecular weight excluding hydrogens is 1020 g/mol. The lowest BCUT2D eigenvalue weighted by Crippen LogP contribution is -2.01. The van der Waals surface area contributed by atoms with E-state index in [0.29, 0.717) is 23.3 Å². The normalized spacial score (nSPS) is 12.4. The van der Waals surface area contributed by atoms with Crippen LogP contribution < -0.4 is 14.2 Å². The summed E-state index contributed by atoms with van der Waals surface area (Å²) in [7, 11) is -11.3. The molecule has 8 N–H and O–H groups in total. The summed E-state index contributed by atoms with van der Waals surface area (Å²) in [6, 6.07) is 20.1. The van der Waals surface area contributed by atoms with Crippen molar-refractivity contribution in [1.82, 2.24) is 0 Å². The lowest BCUT2D eigenvalue weighted by molar-refractivity contribution is 0.0693. The van der Waals surface area contributed by atoms with Gasteiger partial charge in [0.05, 0.1) is 47.9 Å². The molecular formula is C44H34N8O18S3. The summed E-state index contributed by atoms with van der Waals surface area (Å²) in [4.78, 5) is 8.84. The maximum absolute atomic E-state index is 12.8. The van der Waals surface area contributed by atoms with E-state index in [0.717, 1.165) is 48.5 Å². The Morgan fingerprint density at radius 3 is 1.55 bits per heavy atom. The number of hydrogen-bond acceptors (Lipinski definition) is 22. The predicted molar refractivity (Wildman–Crippen MR) is 255 cm³/mol. The van der Waals surface area contributed by atoms with Crippen molar-refractivity contribution in [1.29, 1.82) is 0 Å². The summed E-state index contributed by atoms with van der Waals surface area (Å²) < 4.78 is 120. The lowest BCUT2D eigenvalue weighted by Gasteiger charge is -2.12. The Kier molecular flexibility index (Phi) is 14.5. The molecule has 0 aromatic heterocycles. The molecule has 7 aromatic carbocycles. The summed E-state index contributed by atoms with van der Waals surface area (Å²) in [5, 5.41) is 83.1. The molecule has 7 rings (SSSR count). The summed E-state index contributed by atoms with van der Waals surface area (Å²) >= 11 is 0. The van der Waals surface area contributed by atoms with Gasteiger partial charge in [-0.2, -0.15) is 30.4 Å². The number of hydrogen-bond donors (Lipinski definition) is 8. The van der Waals surface area contributed by atoms with E-state index >= 15 is 0 Å². The van der Waals surface area contributed by atoms with Crippen LogP contribution in [0.15, 0.2) is 159 Å². The maximum atomic E-state index is 12.8. The molecule has 29 heteroatoms. The smallest absolute Gasteiger partial charge is 0.339 e. The van der Waals surface area contributed by atoms with Gasteiger partial charge in [0.25, 0.3) is 30.4 Å². The highest BCUT2D eigenvalue weighted by Crippen LogP contribution is 2.49. The standard InChI is InChI=1S/C44H34N8O18S3/c1-68-35-13-7-25(71(59,60)61)19-31(35)49-51-40-34(54)12-10-30(42(40)55)48-50-32-20-26(72(62,63)64)14-23-17-38(73(65,66)67)41(43(56)39(23)32)52-47-29-9-5-22(16-37(29)70-3)21-4-8-28(36(15-21)69-2)46-45-24-6-11-33(53)27(18-24)44(57)58/h4-20,53-56H,1-3H3,(H,57,58)(H,59,60,61)(H,62,63,64)(H,65,66,67). The van der Waals surface area contributed by atoms with Crippen LogP contribution in [0, 0.1) is 0 Å². The van der Waals surface area contributed by atoms with Crippen molar-refractivity contribution in [2.45, 2.75) is 14.7 Å². The molecule has 0 bridgehead atoms. The molecule has 0 aliphatic carbocycles. The molecule has 73 heavy (non-hydrogen) atoms. The van der Waals surface area contributed by atoms with E-state index in [2.05, 4.69) is 40.9 Å². The van der Waals surface area contributed by atoms with Crippen molar-refractivity contribution in [3.05, 3.63) is 109 Å². The predicted octanol–water partition coefficient (Wildman–Crippen LogP) is 10.5. The number of ether oxygens (including phenoxy) is 3. The molecule has 0 heterocycles. The van der Waals surface area contributed by atoms with Crippen molar-refractivity contribution in [2.24, 2.45) is 40.9 Å². The maximum Gasteiger partial charge on any atom is 0.339 e. The number of carboxylic acid groups (broad SMARTS) is 1. The highest BCUT2D eigenvalue weighted by atomic mass is 32.2.